The zero-order chi connectivity index (χ0) is 8.55. The third-order valence-corrected chi connectivity index (χ3v) is 3.21. The summed E-state index contributed by atoms with van der Waals surface area (Å²) in [6, 6.07) is 0. The van der Waals surface area contributed by atoms with E-state index in [1.165, 1.54) is 5.57 Å². The van der Waals surface area contributed by atoms with Crippen molar-refractivity contribution in [3.63, 3.8) is 0 Å². The molecular weight excluding hydrogens is 193 g/mol. The summed E-state index contributed by atoms with van der Waals surface area (Å²) in [5.74, 6) is 0.461. The summed E-state index contributed by atoms with van der Waals surface area (Å²) in [6.07, 6.45) is 6.27. The average molecular weight is 204 g/mol. The van der Waals surface area contributed by atoms with Crippen LogP contribution in [0.5, 0.6) is 0 Å². The van der Waals surface area contributed by atoms with Crippen molar-refractivity contribution in [3.05, 3.63) is 22.8 Å². The smallest absolute Gasteiger partial charge is 0.0897 e. The molecule has 1 aliphatic heterocycles. The highest BCUT2D eigenvalue weighted by Crippen LogP contribution is 2.34. The predicted octanol–water partition coefficient (Wildman–Crippen LogP) is 2.61. The van der Waals surface area contributed by atoms with Gasteiger partial charge in [-0.2, -0.15) is 0 Å². The Morgan fingerprint density at radius 3 is 3.17 bits per heavy atom. The molecule has 1 heterocycles. The zero-order valence-corrected chi connectivity index (χ0v) is 8.20. The van der Waals surface area contributed by atoms with Gasteiger partial charge in [-0.15, -0.1) is 11.6 Å². The van der Waals surface area contributed by atoms with E-state index in [0.29, 0.717) is 5.92 Å². The van der Waals surface area contributed by atoms with Crippen molar-refractivity contribution < 1.29 is 0 Å². The monoisotopic (exact) mass is 203 g/mol. The van der Waals surface area contributed by atoms with E-state index in [-0.39, 0.29) is 5.50 Å². The molecule has 1 N–H and O–H groups in total. The average Bonchev–Trinajstić information content (AvgIpc) is 2.04. The second-order valence-corrected chi connectivity index (χ2v) is 4.21. The van der Waals surface area contributed by atoms with Gasteiger partial charge in [0.2, 0.25) is 0 Å². The topological polar surface area (TPSA) is 12.0 Å². The lowest BCUT2D eigenvalue weighted by atomic mass is 9.87. The first-order valence-electron chi connectivity index (χ1n) is 4.21. The molecule has 1 aliphatic carbocycles. The van der Waals surface area contributed by atoms with Crippen LogP contribution in [-0.2, 0) is 0 Å². The Bertz CT molecular complexity index is 245. The first-order valence-corrected chi connectivity index (χ1v) is 5.02. The van der Waals surface area contributed by atoms with E-state index >= 15 is 0 Å². The van der Waals surface area contributed by atoms with Gasteiger partial charge in [-0.3, -0.25) is 5.32 Å². The summed E-state index contributed by atoms with van der Waals surface area (Å²) in [4.78, 5) is 0. The molecule has 0 aromatic rings. The van der Waals surface area contributed by atoms with Gasteiger partial charge in [0.1, 0.15) is 0 Å². The summed E-state index contributed by atoms with van der Waals surface area (Å²) in [5.41, 5.74) is 1.40. The van der Waals surface area contributed by atoms with Crippen LogP contribution in [-0.4, -0.2) is 12.0 Å². The first kappa shape index (κ1) is 8.61. The number of alkyl halides is 1. The maximum atomic E-state index is 6.11. The third kappa shape index (κ3) is 1.54. The van der Waals surface area contributed by atoms with Crippen molar-refractivity contribution in [2.75, 3.05) is 6.54 Å². The number of allylic oxidation sites excluding steroid dienone is 2. The minimum atomic E-state index is 0.0889. The molecule has 12 heavy (non-hydrogen) atoms. The Kier molecular flexibility index (Phi) is 2.44. The van der Waals surface area contributed by atoms with E-state index < -0.39 is 0 Å². The van der Waals surface area contributed by atoms with Gasteiger partial charge in [0.25, 0.3) is 0 Å². The Morgan fingerprint density at radius 2 is 2.33 bits per heavy atom. The van der Waals surface area contributed by atoms with Crippen LogP contribution < -0.4 is 5.32 Å². The van der Waals surface area contributed by atoms with Crippen LogP contribution in [0.15, 0.2) is 22.8 Å². The molecule has 3 heteroatoms. The Hall–Kier alpha value is 0.0200. The fourth-order valence-corrected chi connectivity index (χ4v) is 2.37. The lowest BCUT2D eigenvalue weighted by Crippen LogP contribution is -2.37. The van der Waals surface area contributed by atoms with E-state index in [1.54, 1.807) is 0 Å². The molecule has 2 rings (SSSR count). The number of halogens is 2. The van der Waals surface area contributed by atoms with Crippen molar-refractivity contribution in [2.24, 2.45) is 5.92 Å². The molecule has 1 unspecified atom stereocenters. The van der Waals surface area contributed by atoms with Crippen molar-refractivity contribution in [3.8, 4) is 0 Å². The molecule has 0 amide bonds. The quantitative estimate of drug-likeness (QED) is 0.472. The summed E-state index contributed by atoms with van der Waals surface area (Å²) in [5, 5.41) is 4.17. The van der Waals surface area contributed by atoms with Crippen molar-refractivity contribution in [1.29, 1.82) is 0 Å². The van der Waals surface area contributed by atoms with Crippen LogP contribution in [0.1, 0.15) is 12.8 Å². The van der Waals surface area contributed by atoms with Gasteiger partial charge < -0.3 is 0 Å². The fourth-order valence-electron chi connectivity index (χ4n) is 1.78. The molecule has 0 radical (unpaired) electrons. The number of nitrogens with one attached hydrogen (secondary N) is 1. The summed E-state index contributed by atoms with van der Waals surface area (Å²) in [7, 11) is 0. The van der Waals surface area contributed by atoms with Gasteiger partial charge in [0.05, 0.1) is 5.50 Å². The predicted molar refractivity (Wildman–Crippen MR) is 52.4 cm³/mol. The minimum Gasteiger partial charge on any atom is -0.297 e. The highest BCUT2D eigenvalue weighted by molar-refractivity contribution is 6.29. The van der Waals surface area contributed by atoms with Crippen molar-refractivity contribution in [2.45, 2.75) is 18.3 Å². The highest BCUT2D eigenvalue weighted by Gasteiger charge is 2.27. The summed E-state index contributed by atoms with van der Waals surface area (Å²) in [6.45, 7) is 0.862. The van der Waals surface area contributed by atoms with E-state index in [1.807, 2.05) is 0 Å². The van der Waals surface area contributed by atoms with Gasteiger partial charge in [0.15, 0.2) is 0 Å². The number of hydrogen-bond donors (Lipinski definition) is 1. The van der Waals surface area contributed by atoms with Gasteiger partial charge in [-0.25, -0.2) is 0 Å². The fraction of sp³-hybridized carbons (Fsp3) is 0.556. The lowest BCUT2D eigenvalue weighted by Gasteiger charge is -2.31. The van der Waals surface area contributed by atoms with Gasteiger partial charge >= 0.3 is 0 Å². The second-order valence-electron chi connectivity index (χ2n) is 3.25. The molecule has 2 aliphatic rings. The molecule has 2 atom stereocenters. The number of hydrogen-bond acceptors (Lipinski definition) is 1. The van der Waals surface area contributed by atoms with Gasteiger partial charge in [0, 0.05) is 17.5 Å². The summed E-state index contributed by atoms with van der Waals surface area (Å²) < 4.78 is 0. The van der Waals surface area contributed by atoms with E-state index in [4.69, 9.17) is 23.2 Å². The van der Waals surface area contributed by atoms with Gasteiger partial charge in [-0.05, 0) is 24.5 Å². The first-order chi connectivity index (χ1) is 5.77. The van der Waals surface area contributed by atoms with Crippen molar-refractivity contribution >= 4 is 23.2 Å². The molecule has 0 spiro atoms. The highest BCUT2D eigenvalue weighted by atomic mass is 35.5. The SMILES string of the molecule is ClC1=CC2=CCN[C@@H](Cl)C2CC1. The van der Waals surface area contributed by atoms with Crippen LogP contribution in [0.25, 0.3) is 0 Å². The maximum absolute atomic E-state index is 6.11. The second kappa shape index (κ2) is 3.41. The van der Waals surface area contributed by atoms with E-state index in [9.17, 15) is 0 Å². The van der Waals surface area contributed by atoms with Crippen LogP contribution in [0.2, 0.25) is 0 Å². The maximum Gasteiger partial charge on any atom is 0.0897 e. The molecule has 0 aromatic heterocycles. The van der Waals surface area contributed by atoms with E-state index in [2.05, 4.69) is 17.5 Å². The molecule has 66 valence electrons. The van der Waals surface area contributed by atoms with Crippen LogP contribution in [0, 0.1) is 5.92 Å². The number of rotatable bonds is 0. The van der Waals surface area contributed by atoms with E-state index in [0.717, 1.165) is 24.4 Å². The Balaban J connectivity index is 2.25. The molecule has 0 fully saturated rings. The normalized spacial score (nSPS) is 35.2. The van der Waals surface area contributed by atoms with Crippen LogP contribution in [0.4, 0.5) is 0 Å². The lowest BCUT2D eigenvalue weighted by molar-refractivity contribution is 0.457. The standard InChI is InChI=1S/C9H11Cl2N/c10-7-1-2-8-6(5-7)3-4-12-9(8)11/h3,5,8-9,12H,1-2,4H2/t8?,9-/m1/s1. The Morgan fingerprint density at radius 1 is 1.50 bits per heavy atom. The third-order valence-electron chi connectivity index (χ3n) is 2.45. The molecular formula is C9H11Cl2N. The number of fused-ring (bicyclic) bond motifs is 1. The van der Waals surface area contributed by atoms with Gasteiger partial charge in [-0.1, -0.05) is 17.7 Å². The molecule has 0 bridgehead atoms. The van der Waals surface area contributed by atoms with Crippen molar-refractivity contribution in [1.82, 2.24) is 5.32 Å². The Labute approximate surface area is 82.4 Å². The largest absolute Gasteiger partial charge is 0.297 e. The molecule has 0 aromatic carbocycles. The minimum absolute atomic E-state index is 0.0889. The zero-order valence-electron chi connectivity index (χ0n) is 6.69. The summed E-state index contributed by atoms with van der Waals surface area (Å²) >= 11 is 12.1. The molecule has 0 saturated carbocycles. The molecule has 1 nitrogen and oxygen atoms in total. The van der Waals surface area contributed by atoms with Crippen LogP contribution >= 0.6 is 23.2 Å². The molecule has 0 saturated heterocycles. The van der Waals surface area contributed by atoms with Crippen LogP contribution in [0.3, 0.4) is 0 Å².